The second-order valence-corrected chi connectivity index (χ2v) is 8.53. The lowest BCUT2D eigenvalue weighted by Crippen LogP contribution is -2.49. The van der Waals surface area contributed by atoms with Gasteiger partial charge in [0.15, 0.2) is 0 Å². The summed E-state index contributed by atoms with van der Waals surface area (Å²) in [5.41, 5.74) is 2.12. The molecule has 1 aromatic carbocycles. The Balaban J connectivity index is 1.42. The number of amides is 2. The SMILES string of the molecule is CC(=O)N1CCN(c2ccccc2CNC(=O)[C@@]23CCCC[C@H]2CNC3)CC1. The Morgan fingerprint density at radius 2 is 1.96 bits per heavy atom. The Labute approximate surface area is 167 Å². The lowest BCUT2D eigenvalue weighted by Gasteiger charge is -2.38. The quantitative estimate of drug-likeness (QED) is 0.830. The first-order chi connectivity index (χ1) is 13.6. The van der Waals surface area contributed by atoms with Crippen molar-refractivity contribution in [2.24, 2.45) is 11.3 Å². The van der Waals surface area contributed by atoms with Crippen LogP contribution in [0.1, 0.15) is 38.2 Å². The molecule has 28 heavy (non-hydrogen) atoms. The molecule has 1 saturated carbocycles. The number of carbonyl (C=O) groups is 2. The van der Waals surface area contributed by atoms with Crippen LogP contribution in [0.3, 0.4) is 0 Å². The number of nitrogens with zero attached hydrogens (tertiary/aromatic N) is 2. The number of fused-ring (bicyclic) bond motifs is 1. The fraction of sp³-hybridized carbons (Fsp3) is 0.636. The Morgan fingerprint density at radius 3 is 2.75 bits per heavy atom. The zero-order chi connectivity index (χ0) is 19.6. The summed E-state index contributed by atoms with van der Waals surface area (Å²) in [5.74, 6) is 0.848. The van der Waals surface area contributed by atoms with Gasteiger partial charge in [0.1, 0.15) is 0 Å². The smallest absolute Gasteiger partial charge is 0.228 e. The standard InChI is InChI=1S/C22H32N4O2/c1-17(27)25-10-12-26(13-11-25)20-8-3-2-6-18(20)14-24-21(28)22-9-5-4-7-19(22)15-23-16-22/h2-3,6,8,19,23H,4-5,7,9-16H2,1H3,(H,24,28)/t19-,22+/m0/s1. The van der Waals surface area contributed by atoms with Crippen molar-refractivity contribution in [3.05, 3.63) is 29.8 Å². The molecule has 0 radical (unpaired) electrons. The summed E-state index contributed by atoms with van der Waals surface area (Å²) in [6, 6.07) is 8.32. The van der Waals surface area contributed by atoms with Gasteiger partial charge in [-0.15, -0.1) is 0 Å². The molecule has 0 spiro atoms. The fourth-order valence-corrected chi connectivity index (χ4v) is 5.27. The predicted molar refractivity (Wildman–Crippen MR) is 110 cm³/mol. The molecule has 2 saturated heterocycles. The van der Waals surface area contributed by atoms with Crippen LogP contribution < -0.4 is 15.5 Å². The molecule has 0 aromatic heterocycles. The normalized spacial score (nSPS) is 27.4. The van der Waals surface area contributed by atoms with Crippen LogP contribution in [-0.4, -0.2) is 56.0 Å². The number of rotatable bonds is 4. The van der Waals surface area contributed by atoms with E-state index in [9.17, 15) is 9.59 Å². The van der Waals surface area contributed by atoms with E-state index < -0.39 is 0 Å². The van der Waals surface area contributed by atoms with Crippen molar-refractivity contribution in [2.45, 2.75) is 39.2 Å². The molecule has 0 unspecified atom stereocenters. The summed E-state index contributed by atoms with van der Waals surface area (Å²) in [6.45, 7) is 7.17. The van der Waals surface area contributed by atoms with Gasteiger partial charge in [0.25, 0.3) is 0 Å². The number of hydrogen-bond acceptors (Lipinski definition) is 4. The van der Waals surface area contributed by atoms with Gasteiger partial charge in [0.05, 0.1) is 5.41 Å². The summed E-state index contributed by atoms with van der Waals surface area (Å²) in [7, 11) is 0. The van der Waals surface area contributed by atoms with Gasteiger partial charge >= 0.3 is 0 Å². The van der Waals surface area contributed by atoms with Gasteiger partial charge in [-0.05, 0) is 36.9 Å². The molecule has 1 aliphatic carbocycles. The number of anilines is 1. The van der Waals surface area contributed by atoms with Crippen LogP contribution in [0.4, 0.5) is 5.69 Å². The van der Waals surface area contributed by atoms with Crippen molar-refractivity contribution in [2.75, 3.05) is 44.2 Å². The Morgan fingerprint density at radius 1 is 1.18 bits per heavy atom. The van der Waals surface area contributed by atoms with E-state index in [0.29, 0.717) is 12.5 Å². The molecule has 1 aromatic rings. The van der Waals surface area contributed by atoms with Crippen LogP contribution in [-0.2, 0) is 16.1 Å². The second kappa shape index (κ2) is 8.11. The molecule has 4 rings (SSSR count). The fourth-order valence-electron chi connectivity index (χ4n) is 5.27. The first kappa shape index (κ1) is 19.2. The maximum absolute atomic E-state index is 13.2. The van der Waals surface area contributed by atoms with Crippen LogP contribution in [0.15, 0.2) is 24.3 Å². The average molecular weight is 385 g/mol. The Hall–Kier alpha value is -2.08. The highest BCUT2D eigenvalue weighted by Crippen LogP contribution is 2.44. The highest BCUT2D eigenvalue weighted by Gasteiger charge is 2.49. The summed E-state index contributed by atoms with van der Waals surface area (Å²) < 4.78 is 0. The predicted octanol–water partition coefficient (Wildman–Crippen LogP) is 1.75. The first-order valence-electron chi connectivity index (χ1n) is 10.7. The molecule has 2 atom stereocenters. The van der Waals surface area contributed by atoms with Gasteiger partial charge < -0.3 is 20.4 Å². The molecule has 2 amide bonds. The van der Waals surface area contributed by atoms with E-state index in [4.69, 9.17) is 0 Å². The largest absolute Gasteiger partial charge is 0.368 e. The number of piperazine rings is 1. The maximum atomic E-state index is 13.2. The number of nitrogens with one attached hydrogen (secondary N) is 2. The summed E-state index contributed by atoms with van der Waals surface area (Å²) in [4.78, 5) is 29.0. The number of benzene rings is 1. The molecular weight excluding hydrogens is 352 g/mol. The monoisotopic (exact) mass is 384 g/mol. The van der Waals surface area contributed by atoms with E-state index in [2.05, 4.69) is 33.7 Å². The zero-order valence-electron chi connectivity index (χ0n) is 16.9. The second-order valence-electron chi connectivity index (χ2n) is 8.53. The highest BCUT2D eigenvalue weighted by atomic mass is 16.2. The van der Waals surface area contributed by atoms with Crippen LogP contribution in [0.5, 0.6) is 0 Å². The van der Waals surface area contributed by atoms with Gasteiger partial charge in [-0.25, -0.2) is 0 Å². The minimum atomic E-state index is -0.208. The molecule has 152 valence electrons. The topological polar surface area (TPSA) is 64.7 Å². The van der Waals surface area contributed by atoms with Crippen molar-refractivity contribution < 1.29 is 9.59 Å². The van der Waals surface area contributed by atoms with Crippen molar-refractivity contribution in [3.63, 3.8) is 0 Å². The third kappa shape index (κ3) is 3.62. The van der Waals surface area contributed by atoms with Crippen LogP contribution in [0.25, 0.3) is 0 Å². The van der Waals surface area contributed by atoms with E-state index in [1.807, 2.05) is 11.0 Å². The first-order valence-corrected chi connectivity index (χ1v) is 10.7. The van der Waals surface area contributed by atoms with Gasteiger partial charge in [0, 0.05) is 51.9 Å². The van der Waals surface area contributed by atoms with Gasteiger partial charge in [0.2, 0.25) is 11.8 Å². The zero-order valence-corrected chi connectivity index (χ0v) is 16.9. The van der Waals surface area contributed by atoms with E-state index in [1.165, 1.54) is 12.1 Å². The lowest BCUT2D eigenvalue weighted by atomic mass is 9.67. The molecule has 6 nitrogen and oxygen atoms in total. The van der Waals surface area contributed by atoms with Gasteiger partial charge in [-0.1, -0.05) is 31.0 Å². The summed E-state index contributed by atoms with van der Waals surface area (Å²) in [5, 5.41) is 6.73. The lowest BCUT2D eigenvalue weighted by molar-refractivity contribution is -0.134. The summed E-state index contributed by atoms with van der Waals surface area (Å²) in [6.07, 6.45) is 4.57. The van der Waals surface area contributed by atoms with Crippen molar-refractivity contribution in [3.8, 4) is 0 Å². The van der Waals surface area contributed by atoms with E-state index in [-0.39, 0.29) is 17.2 Å². The molecule has 2 N–H and O–H groups in total. The van der Waals surface area contributed by atoms with Gasteiger partial charge in [-0.2, -0.15) is 0 Å². The minimum absolute atomic E-state index is 0.145. The average Bonchev–Trinajstić information content (AvgIpc) is 3.18. The number of carbonyl (C=O) groups excluding carboxylic acids is 2. The maximum Gasteiger partial charge on any atom is 0.228 e. The third-order valence-electron chi connectivity index (χ3n) is 6.99. The molecule has 2 heterocycles. The van der Waals surface area contributed by atoms with E-state index in [0.717, 1.165) is 64.1 Å². The van der Waals surface area contributed by atoms with Gasteiger partial charge in [-0.3, -0.25) is 9.59 Å². The van der Waals surface area contributed by atoms with E-state index >= 15 is 0 Å². The van der Waals surface area contributed by atoms with Crippen LogP contribution in [0, 0.1) is 11.3 Å². The minimum Gasteiger partial charge on any atom is -0.368 e. The van der Waals surface area contributed by atoms with Crippen molar-refractivity contribution >= 4 is 17.5 Å². The van der Waals surface area contributed by atoms with Crippen molar-refractivity contribution in [1.29, 1.82) is 0 Å². The molecular formula is C22H32N4O2. The Kier molecular flexibility index (Phi) is 5.58. The van der Waals surface area contributed by atoms with Crippen molar-refractivity contribution in [1.82, 2.24) is 15.5 Å². The van der Waals surface area contributed by atoms with Crippen LogP contribution >= 0.6 is 0 Å². The molecule has 2 aliphatic heterocycles. The number of para-hydroxylation sites is 1. The molecule has 3 fully saturated rings. The van der Waals surface area contributed by atoms with E-state index in [1.54, 1.807) is 6.92 Å². The highest BCUT2D eigenvalue weighted by molar-refractivity contribution is 5.84. The molecule has 0 bridgehead atoms. The third-order valence-corrected chi connectivity index (χ3v) is 6.99. The molecule has 6 heteroatoms. The summed E-state index contributed by atoms with van der Waals surface area (Å²) >= 11 is 0. The molecule has 3 aliphatic rings. The van der Waals surface area contributed by atoms with Crippen LogP contribution in [0.2, 0.25) is 0 Å². The number of hydrogen-bond donors (Lipinski definition) is 2. The Bertz CT molecular complexity index is 729.